The van der Waals surface area contributed by atoms with Crippen LogP contribution in [0, 0.1) is 0 Å². The average molecular weight is 348 g/mol. The molecule has 2 heterocycles. The highest BCUT2D eigenvalue weighted by atomic mass is 32.1. The molecule has 4 nitrogen and oxygen atoms in total. The van der Waals surface area contributed by atoms with E-state index >= 15 is 0 Å². The number of oxazole rings is 1. The van der Waals surface area contributed by atoms with Crippen LogP contribution in [-0.2, 0) is 11.2 Å². The third kappa shape index (κ3) is 3.61. The zero-order valence-electron chi connectivity index (χ0n) is 13.4. The number of anilines is 1. The van der Waals surface area contributed by atoms with Crippen LogP contribution in [0.3, 0.4) is 0 Å². The molecule has 4 rings (SSSR count). The molecular weight excluding hydrogens is 332 g/mol. The van der Waals surface area contributed by atoms with E-state index in [0.29, 0.717) is 18.4 Å². The lowest BCUT2D eigenvalue weighted by atomic mass is 10.1. The van der Waals surface area contributed by atoms with Gasteiger partial charge in [0.1, 0.15) is 5.52 Å². The van der Waals surface area contributed by atoms with Crippen LogP contribution in [0.15, 0.2) is 69.8 Å². The van der Waals surface area contributed by atoms with Crippen molar-refractivity contribution >= 4 is 34.4 Å². The Hall–Kier alpha value is -2.92. The van der Waals surface area contributed by atoms with E-state index in [2.05, 4.69) is 21.7 Å². The fraction of sp³-hybridized carbons (Fsp3) is 0.100. The van der Waals surface area contributed by atoms with Crippen molar-refractivity contribution in [2.75, 3.05) is 5.32 Å². The van der Waals surface area contributed by atoms with Crippen LogP contribution < -0.4 is 5.32 Å². The molecule has 4 aromatic rings. The van der Waals surface area contributed by atoms with Crippen molar-refractivity contribution in [2.24, 2.45) is 0 Å². The zero-order valence-corrected chi connectivity index (χ0v) is 14.3. The number of aryl methyl sites for hydroxylation is 1. The predicted octanol–water partition coefficient (Wildman–Crippen LogP) is 5.13. The molecule has 0 aliphatic carbocycles. The minimum atomic E-state index is -0.103. The van der Waals surface area contributed by atoms with Crippen molar-refractivity contribution in [1.29, 1.82) is 0 Å². The lowest BCUT2D eigenvalue weighted by Crippen LogP contribution is -2.12. The second kappa shape index (κ2) is 6.91. The number of nitrogens with zero attached hydrogens (tertiary/aromatic N) is 1. The van der Waals surface area contributed by atoms with Crippen molar-refractivity contribution < 1.29 is 9.21 Å². The van der Waals surface area contributed by atoms with E-state index < -0.39 is 0 Å². The summed E-state index contributed by atoms with van der Waals surface area (Å²) in [5, 5.41) is 6.87. The number of carbonyl (C=O) groups is 1. The molecule has 0 saturated carbocycles. The molecule has 25 heavy (non-hydrogen) atoms. The number of hydrogen-bond acceptors (Lipinski definition) is 4. The summed E-state index contributed by atoms with van der Waals surface area (Å²) >= 11 is 1.66. The Morgan fingerprint density at radius 2 is 1.96 bits per heavy atom. The fourth-order valence-corrected chi connectivity index (χ4v) is 3.34. The van der Waals surface area contributed by atoms with E-state index in [0.717, 1.165) is 22.2 Å². The molecule has 0 atom stereocenters. The molecule has 0 saturated heterocycles. The minimum absolute atomic E-state index is 0.103. The van der Waals surface area contributed by atoms with Gasteiger partial charge in [0, 0.05) is 6.42 Å². The van der Waals surface area contributed by atoms with Crippen molar-refractivity contribution in [2.45, 2.75) is 12.8 Å². The van der Waals surface area contributed by atoms with E-state index in [1.165, 1.54) is 0 Å². The molecular formula is C20H16N2O2S. The zero-order chi connectivity index (χ0) is 17.1. The molecule has 0 spiro atoms. The maximum absolute atomic E-state index is 12.1. The Morgan fingerprint density at radius 3 is 2.76 bits per heavy atom. The molecule has 0 unspecified atom stereocenters. The molecule has 0 aliphatic rings. The van der Waals surface area contributed by atoms with Crippen LogP contribution in [0.5, 0.6) is 0 Å². The highest BCUT2D eigenvalue weighted by Gasteiger charge is 2.11. The molecule has 0 aliphatic heterocycles. The van der Waals surface area contributed by atoms with E-state index in [4.69, 9.17) is 4.42 Å². The molecule has 1 N–H and O–H groups in total. The molecule has 0 bridgehead atoms. The summed E-state index contributed by atoms with van der Waals surface area (Å²) in [4.78, 5) is 16.5. The maximum Gasteiger partial charge on any atom is 0.302 e. The van der Waals surface area contributed by atoms with Gasteiger partial charge in [-0.15, -0.1) is 0 Å². The van der Waals surface area contributed by atoms with E-state index in [1.807, 2.05) is 53.9 Å². The number of carbonyl (C=O) groups excluding carboxylic acids is 1. The number of rotatable bonds is 5. The van der Waals surface area contributed by atoms with Crippen LogP contribution in [0.2, 0.25) is 0 Å². The summed E-state index contributed by atoms with van der Waals surface area (Å²) in [7, 11) is 0. The van der Waals surface area contributed by atoms with Gasteiger partial charge in [0.05, 0.1) is 0 Å². The van der Waals surface area contributed by atoms with Gasteiger partial charge in [0.2, 0.25) is 5.91 Å². The van der Waals surface area contributed by atoms with Gasteiger partial charge in [0.25, 0.3) is 0 Å². The number of amides is 1. The third-order valence-electron chi connectivity index (χ3n) is 3.97. The molecule has 5 heteroatoms. The Kier molecular flexibility index (Phi) is 4.31. The van der Waals surface area contributed by atoms with Crippen LogP contribution in [0.1, 0.15) is 12.0 Å². The van der Waals surface area contributed by atoms with Gasteiger partial charge < -0.3 is 4.42 Å². The van der Waals surface area contributed by atoms with Crippen LogP contribution in [0.25, 0.3) is 22.2 Å². The van der Waals surface area contributed by atoms with E-state index in [1.54, 1.807) is 11.3 Å². The second-order valence-corrected chi connectivity index (χ2v) is 6.53. The molecule has 0 fully saturated rings. The largest absolute Gasteiger partial charge is 0.423 e. The highest BCUT2D eigenvalue weighted by molar-refractivity contribution is 7.08. The van der Waals surface area contributed by atoms with Gasteiger partial charge >= 0.3 is 6.01 Å². The van der Waals surface area contributed by atoms with Crippen LogP contribution >= 0.6 is 11.3 Å². The summed E-state index contributed by atoms with van der Waals surface area (Å²) < 4.78 is 5.62. The summed E-state index contributed by atoms with van der Waals surface area (Å²) in [6, 6.07) is 18.1. The van der Waals surface area contributed by atoms with E-state index in [-0.39, 0.29) is 11.9 Å². The van der Waals surface area contributed by atoms with Crippen LogP contribution in [0.4, 0.5) is 6.01 Å². The standard InChI is InChI=1S/C20H16N2O2S/c23-19(9-6-14-4-2-1-3-5-14)22-20-21-17-12-15(7-8-18(17)24-20)16-10-11-25-13-16/h1-5,7-8,10-13H,6,9H2,(H,21,22,23). The lowest BCUT2D eigenvalue weighted by molar-refractivity contribution is -0.116. The highest BCUT2D eigenvalue weighted by Crippen LogP contribution is 2.27. The number of thiophene rings is 1. The molecule has 2 aromatic carbocycles. The summed E-state index contributed by atoms with van der Waals surface area (Å²) in [6.07, 6.45) is 1.08. The number of nitrogens with one attached hydrogen (secondary N) is 1. The normalized spacial score (nSPS) is 10.9. The Labute approximate surface area is 149 Å². The van der Waals surface area contributed by atoms with Gasteiger partial charge in [-0.25, -0.2) is 0 Å². The van der Waals surface area contributed by atoms with Gasteiger partial charge in [0.15, 0.2) is 5.58 Å². The summed E-state index contributed by atoms with van der Waals surface area (Å²) in [5.74, 6) is -0.103. The smallest absolute Gasteiger partial charge is 0.302 e. The van der Waals surface area contributed by atoms with Gasteiger partial charge in [-0.3, -0.25) is 10.1 Å². The van der Waals surface area contributed by atoms with Crippen molar-refractivity contribution in [3.63, 3.8) is 0 Å². The first-order valence-corrected chi connectivity index (χ1v) is 8.99. The molecule has 2 aromatic heterocycles. The minimum Gasteiger partial charge on any atom is -0.423 e. The SMILES string of the molecule is O=C(CCc1ccccc1)Nc1nc2cc(-c3ccsc3)ccc2o1. The molecule has 0 radical (unpaired) electrons. The van der Waals surface area contributed by atoms with Crippen molar-refractivity contribution in [1.82, 2.24) is 4.98 Å². The topological polar surface area (TPSA) is 55.1 Å². The average Bonchev–Trinajstić information content (AvgIpc) is 3.29. The Balaban J connectivity index is 1.45. The first-order chi connectivity index (χ1) is 12.3. The number of benzene rings is 2. The number of hydrogen-bond donors (Lipinski definition) is 1. The lowest BCUT2D eigenvalue weighted by Gasteiger charge is -2.01. The van der Waals surface area contributed by atoms with Crippen LogP contribution in [-0.4, -0.2) is 10.9 Å². The number of aromatic nitrogens is 1. The summed E-state index contributed by atoms with van der Waals surface area (Å²) in [5.41, 5.74) is 4.78. The van der Waals surface area contributed by atoms with Gasteiger partial charge in [-0.2, -0.15) is 16.3 Å². The molecule has 124 valence electrons. The second-order valence-electron chi connectivity index (χ2n) is 5.75. The number of fused-ring (bicyclic) bond motifs is 1. The monoisotopic (exact) mass is 348 g/mol. The fourth-order valence-electron chi connectivity index (χ4n) is 2.67. The molecule has 1 amide bonds. The van der Waals surface area contributed by atoms with Gasteiger partial charge in [-0.1, -0.05) is 36.4 Å². The first kappa shape index (κ1) is 15.6. The third-order valence-corrected chi connectivity index (χ3v) is 4.66. The Bertz CT molecular complexity index is 991. The van der Waals surface area contributed by atoms with Gasteiger partial charge in [-0.05, 0) is 52.1 Å². The quantitative estimate of drug-likeness (QED) is 0.544. The predicted molar refractivity (Wildman–Crippen MR) is 101 cm³/mol. The Morgan fingerprint density at radius 1 is 1.08 bits per heavy atom. The van der Waals surface area contributed by atoms with Crippen molar-refractivity contribution in [3.8, 4) is 11.1 Å². The summed E-state index contributed by atoms with van der Waals surface area (Å²) in [6.45, 7) is 0. The maximum atomic E-state index is 12.1. The first-order valence-electron chi connectivity index (χ1n) is 8.05. The van der Waals surface area contributed by atoms with Crippen molar-refractivity contribution in [3.05, 3.63) is 70.9 Å². The van der Waals surface area contributed by atoms with E-state index in [9.17, 15) is 4.79 Å².